The molecule has 2 aromatic heterocycles. The Morgan fingerprint density at radius 3 is 2.51 bits per heavy atom. The Bertz CT molecular complexity index is 1270. The van der Waals surface area contributed by atoms with Crippen molar-refractivity contribution in [1.29, 1.82) is 0 Å². The molecular weight excluding hydrogens is 490 g/mol. The van der Waals surface area contributed by atoms with Crippen LogP contribution in [0.4, 0.5) is 11.4 Å². The Hall–Kier alpha value is -3.66. The third-order valence-electron chi connectivity index (χ3n) is 6.14. The number of nitrogen functional groups attached to an aromatic ring is 1. The van der Waals surface area contributed by atoms with E-state index in [1.165, 1.54) is 11.2 Å². The van der Waals surface area contributed by atoms with E-state index >= 15 is 0 Å². The molecule has 0 saturated heterocycles. The highest BCUT2D eigenvalue weighted by molar-refractivity contribution is 7.09. The topological polar surface area (TPSA) is 131 Å². The number of hydrogen-bond acceptors (Lipinski definition) is 7. The summed E-state index contributed by atoms with van der Waals surface area (Å²) < 4.78 is 9.87. The lowest BCUT2D eigenvalue weighted by Gasteiger charge is -2.32. The van der Waals surface area contributed by atoms with Crippen LogP contribution in [-0.4, -0.2) is 33.7 Å². The van der Waals surface area contributed by atoms with E-state index in [1.807, 2.05) is 45.9 Å². The molecule has 0 spiro atoms. The number of amides is 3. The van der Waals surface area contributed by atoms with Gasteiger partial charge in [-0.3, -0.25) is 19.3 Å². The van der Waals surface area contributed by atoms with E-state index in [9.17, 15) is 14.4 Å². The van der Waals surface area contributed by atoms with E-state index in [1.54, 1.807) is 18.2 Å². The van der Waals surface area contributed by atoms with Crippen molar-refractivity contribution in [2.75, 3.05) is 10.6 Å². The fourth-order valence-electron chi connectivity index (χ4n) is 4.47. The molecule has 1 fully saturated rings. The van der Waals surface area contributed by atoms with E-state index < -0.39 is 29.3 Å². The Balaban J connectivity index is 1.76. The number of carbonyl (C=O) groups is 3. The molecule has 0 unspecified atom stereocenters. The number of rotatable bonds is 7. The summed E-state index contributed by atoms with van der Waals surface area (Å²) in [5.74, 6) is -1.07. The second-order valence-corrected chi connectivity index (χ2v) is 11.2. The monoisotopic (exact) mass is 523 g/mol. The summed E-state index contributed by atoms with van der Waals surface area (Å²) in [5, 5.41) is 5.92. The fraction of sp³-hybridized carbons (Fsp3) is 0.407. The van der Waals surface area contributed by atoms with Gasteiger partial charge in [0.15, 0.2) is 11.7 Å². The minimum absolute atomic E-state index is 0.00225. The van der Waals surface area contributed by atoms with Crippen molar-refractivity contribution in [2.24, 2.45) is 0 Å². The summed E-state index contributed by atoms with van der Waals surface area (Å²) in [5.41, 5.74) is 7.19. The number of furan rings is 1. The van der Waals surface area contributed by atoms with Gasteiger partial charge in [-0.2, -0.15) is 4.37 Å². The molecule has 196 valence electrons. The molecule has 10 heteroatoms. The molecule has 9 nitrogen and oxygen atoms in total. The third-order valence-corrected chi connectivity index (χ3v) is 6.99. The maximum absolute atomic E-state index is 14.1. The lowest BCUT2D eigenvalue weighted by atomic mass is 10.0. The SMILES string of the molecule is Cc1cccc(N(C(=O)c2snc(C(=O)NC3CCCC3)c2N)[C@H](C(=O)NC(C)(C)C)c2ccco2)c1. The molecule has 37 heavy (non-hydrogen) atoms. The molecular formula is C27H33N5O4S. The van der Waals surface area contributed by atoms with Gasteiger partial charge < -0.3 is 20.8 Å². The number of nitrogens with two attached hydrogens (primary N) is 1. The normalized spacial score (nSPS) is 14.8. The molecule has 0 aliphatic heterocycles. The second kappa shape index (κ2) is 10.8. The van der Waals surface area contributed by atoms with Crippen molar-refractivity contribution < 1.29 is 18.8 Å². The van der Waals surface area contributed by atoms with E-state index in [4.69, 9.17) is 10.2 Å². The van der Waals surface area contributed by atoms with Gasteiger partial charge in [0, 0.05) is 17.3 Å². The predicted molar refractivity (Wildman–Crippen MR) is 144 cm³/mol. The maximum atomic E-state index is 14.1. The highest BCUT2D eigenvalue weighted by atomic mass is 32.1. The van der Waals surface area contributed by atoms with Crippen LogP contribution in [0.3, 0.4) is 0 Å². The minimum atomic E-state index is -1.12. The second-order valence-electron chi connectivity index (χ2n) is 10.4. The average Bonchev–Trinajstić information content (AvgIpc) is 3.58. The predicted octanol–water partition coefficient (Wildman–Crippen LogP) is 4.60. The van der Waals surface area contributed by atoms with Gasteiger partial charge >= 0.3 is 0 Å². The number of aromatic nitrogens is 1. The fourth-order valence-corrected chi connectivity index (χ4v) is 5.20. The Kier molecular flexibility index (Phi) is 7.68. The summed E-state index contributed by atoms with van der Waals surface area (Å²) in [6.45, 7) is 7.48. The third kappa shape index (κ3) is 6.02. The number of nitrogens with zero attached hydrogens (tertiary/aromatic N) is 2. The van der Waals surface area contributed by atoms with Gasteiger partial charge in [-0.25, -0.2) is 0 Å². The first kappa shape index (κ1) is 26.4. The molecule has 1 saturated carbocycles. The van der Waals surface area contributed by atoms with E-state index in [2.05, 4.69) is 15.0 Å². The van der Waals surface area contributed by atoms with Crippen molar-refractivity contribution in [3.63, 3.8) is 0 Å². The van der Waals surface area contributed by atoms with E-state index in [0.29, 0.717) is 11.4 Å². The number of aryl methyl sites for hydroxylation is 1. The van der Waals surface area contributed by atoms with Crippen LogP contribution in [0.15, 0.2) is 47.1 Å². The zero-order chi connectivity index (χ0) is 26.7. The van der Waals surface area contributed by atoms with Crippen LogP contribution in [-0.2, 0) is 4.79 Å². The van der Waals surface area contributed by atoms with Crippen LogP contribution >= 0.6 is 11.5 Å². The first-order valence-electron chi connectivity index (χ1n) is 12.4. The summed E-state index contributed by atoms with van der Waals surface area (Å²) >= 11 is 0.848. The zero-order valence-corrected chi connectivity index (χ0v) is 22.4. The summed E-state index contributed by atoms with van der Waals surface area (Å²) in [6.07, 6.45) is 5.42. The van der Waals surface area contributed by atoms with Gasteiger partial charge in [0.05, 0.1) is 12.0 Å². The summed E-state index contributed by atoms with van der Waals surface area (Å²) in [4.78, 5) is 42.1. The van der Waals surface area contributed by atoms with Crippen LogP contribution in [0.5, 0.6) is 0 Å². The van der Waals surface area contributed by atoms with E-state index in [-0.39, 0.29) is 22.3 Å². The van der Waals surface area contributed by atoms with Crippen LogP contribution < -0.4 is 21.3 Å². The number of carbonyl (C=O) groups excluding carboxylic acids is 3. The molecule has 4 N–H and O–H groups in total. The van der Waals surface area contributed by atoms with Gasteiger partial charge in [-0.1, -0.05) is 25.0 Å². The smallest absolute Gasteiger partial charge is 0.273 e. The Morgan fingerprint density at radius 2 is 1.89 bits per heavy atom. The first-order chi connectivity index (χ1) is 17.5. The van der Waals surface area contributed by atoms with Crippen molar-refractivity contribution in [3.8, 4) is 0 Å². The number of anilines is 2. The highest BCUT2D eigenvalue weighted by Gasteiger charge is 2.39. The lowest BCUT2D eigenvalue weighted by molar-refractivity contribution is -0.124. The minimum Gasteiger partial charge on any atom is -0.467 e. The van der Waals surface area contributed by atoms with Crippen molar-refractivity contribution in [3.05, 3.63) is 64.6 Å². The molecule has 0 bridgehead atoms. The summed E-state index contributed by atoms with van der Waals surface area (Å²) in [7, 11) is 0. The average molecular weight is 524 g/mol. The van der Waals surface area contributed by atoms with Gasteiger partial charge in [0.1, 0.15) is 10.6 Å². The molecule has 1 aromatic carbocycles. The summed E-state index contributed by atoms with van der Waals surface area (Å²) in [6, 6.07) is 9.54. The number of nitrogens with one attached hydrogen (secondary N) is 2. The van der Waals surface area contributed by atoms with Crippen LogP contribution in [0, 0.1) is 6.92 Å². The highest BCUT2D eigenvalue weighted by Crippen LogP contribution is 2.34. The van der Waals surface area contributed by atoms with Crippen molar-refractivity contribution in [1.82, 2.24) is 15.0 Å². The molecule has 3 aromatic rings. The van der Waals surface area contributed by atoms with Gasteiger partial charge in [0.2, 0.25) is 0 Å². The molecule has 3 amide bonds. The lowest BCUT2D eigenvalue weighted by Crippen LogP contribution is -2.49. The van der Waals surface area contributed by atoms with E-state index in [0.717, 1.165) is 42.8 Å². The number of hydrogen-bond donors (Lipinski definition) is 3. The standard InChI is InChI=1S/C27H33N5O4S/c1-16-9-7-12-18(15-16)32(22(19-13-8-14-36-19)25(34)30-27(2,3)4)26(35)23-20(28)21(31-37-23)24(33)29-17-10-5-6-11-17/h7-9,12-15,17,22H,5-6,10-11,28H2,1-4H3,(H,29,33)(H,30,34)/t22-/m0/s1. The van der Waals surface area contributed by atoms with Gasteiger partial charge in [-0.15, -0.1) is 0 Å². The Labute approximate surface area is 220 Å². The first-order valence-corrected chi connectivity index (χ1v) is 13.1. The molecule has 4 rings (SSSR count). The Morgan fingerprint density at radius 1 is 1.16 bits per heavy atom. The molecule has 1 aliphatic rings. The van der Waals surface area contributed by atoms with Crippen molar-refractivity contribution in [2.45, 2.75) is 71.0 Å². The van der Waals surface area contributed by atoms with Crippen molar-refractivity contribution >= 4 is 40.6 Å². The quantitative estimate of drug-likeness (QED) is 0.415. The van der Waals surface area contributed by atoms with Crippen LogP contribution in [0.1, 0.15) is 84.0 Å². The maximum Gasteiger partial charge on any atom is 0.273 e. The van der Waals surface area contributed by atoms with Crippen LogP contribution in [0.25, 0.3) is 0 Å². The molecule has 0 radical (unpaired) electrons. The zero-order valence-electron chi connectivity index (χ0n) is 21.5. The molecule has 1 aliphatic carbocycles. The molecule has 2 heterocycles. The van der Waals surface area contributed by atoms with Gasteiger partial charge in [-0.05, 0) is 81.9 Å². The van der Waals surface area contributed by atoms with Gasteiger partial charge in [0.25, 0.3) is 17.7 Å². The molecule has 1 atom stereocenters. The number of benzene rings is 1. The van der Waals surface area contributed by atoms with Crippen LogP contribution in [0.2, 0.25) is 0 Å². The largest absolute Gasteiger partial charge is 0.467 e.